The maximum atomic E-state index is 10.2. The third kappa shape index (κ3) is 6.59. The summed E-state index contributed by atoms with van der Waals surface area (Å²) in [5.41, 5.74) is 1.79. The standard InChI is InChI=1S/C8H7NO2S.C7H8.C3H6/c10-9-6-1-2-7-8(5-6)12-4-3-11-7;1-7-5-3-2-4-6-7;1-3-2/h1-2,5H,3-4H2;2-6H,1H3;3H,1H2,2H3. The van der Waals surface area contributed by atoms with Gasteiger partial charge in [0, 0.05) is 5.75 Å². The molecular weight excluding hydrogens is 294 g/mol. The second-order valence-electron chi connectivity index (χ2n) is 4.48. The number of hydrogen-bond donors (Lipinski definition) is 0. The predicted octanol–water partition coefficient (Wildman–Crippen LogP) is 5.76. The summed E-state index contributed by atoms with van der Waals surface area (Å²) >= 11 is 1.69. The molecule has 0 saturated carbocycles. The first kappa shape index (κ1) is 18.0. The van der Waals surface area contributed by atoms with Crippen molar-refractivity contribution in [3.8, 4) is 5.75 Å². The highest BCUT2D eigenvalue weighted by molar-refractivity contribution is 7.99. The Hall–Kier alpha value is -2.07. The van der Waals surface area contributed by atoms with Crippen LogP contribution in [0.1, 0.15) is 12.5 Å². The van der Waals surface area contributed by atoms with Gasteiger partial charge in [-0.2, -0.15) is 0 Å². The first-order valence-corrected chi connectivity index (χ1v) is 8.01. The molecule has 0 unspecified atom stereocenters. The number of allylic oxidation sites excluding steroid dienone is 1. The number of rotatable bonds is 1. The van der Waals surface area contributed by atoms with E-state index >= 15 is 0 Å². The van der Waals surface area contributed by atoms with Crippen molar-refractivity contribution in [3.05, 3.63) is 71.7 Å². The van der Waals surface area contributed by atoms with Gasteiger partial charge < -0.3 is 4.74 Å². The Morgan fingerprint density at radius 1 is 1.23 bits per heavy atom. The first-order chi connectivity index (χ1) is 10.7. The van der Waals surface area contributed by atoms with E-state index in [1.54, 1.807) is 36.0 Å². The second kappa shape index (κ2) is 10.6. The number of ether oxygens (including phenoxy) is 1. The summed E-state index contributed by atoms with van der Waals surface area (Å²) in [5.74, 6) is 1.80. The van der Waals surface area contributed by atoms with E-state index < -0.39 is 0 Å². The molecule has 1 aliphatic heterocycles. The molecule has 0 saturated heterocycles. The molecule has 116 valence electrons. The van der Waals surface area contributed by atoms with Gasteiger partial charge in [-0.3, -0.25) is 0 Å². The van der Waals surface area contributed by atoms with Crippen molar-refractivity contribution < 1.29 is 4.74 Å². The average molecular weight is 315 g/mol. The Balaban J connectivity index is 0.000000206. The fraction of sp³-hybridized carbons (Fsp3) is 0.222. The molecule has 2 aromatic rings. The van der Waals surface area contributed by atoms with Crippen LogP contribution in [0.3, 0.4) is 0 Å². The van der Waals surface area contributed by atoms with Crippen molar-refractivity contribution in [2.24, 2.45) is 5.18 Å². The maximum absolute atomic E-state index is 10.2. The zero-order valence-electron chi connectivity index (χ0n) is 13.0. The number of nitrogens with zero attached hydrogens (tertiary/aromatic N) is 1. The minimum absolute atomic E-state index is 0.465. The van der Waals surface area contributed by atoms with E-state index in [9.17, 15) is 4.91 Å². The van der Waals surface area contributed by atoms with Crippen molar-refractivity contribution in [2.45, 2.75) is 18.7 Å². The van der Waals surface area contributed by atoms with Crippen molar-refractivity contribution >= 4 is 17.4 Å². The van der Waals surface area contributed by atoms with E-state index in [0.717, 1.165) is 23.0 Å². The SMILES string of the molecule is C=CC.Cc1ccccc1.O=Nc1ccc2c(c1)SCCO2. The van der Waals surface area contributed by atoms with Crippen LogP contribution in [0.2, 0.25) is 0 Å². The summed E-state index contributed by atoms with van der Waals surface area (Å²) in [7, 11) is 0. The third-order valence-electron chi connectivity index (χ3n) is 2.57. The molecule has 1 heterocycles. The summed E-state index contributed by atoms with van der Waals surface area (Å²) < 4.78 is 5.36. The van der Waals surface area contributed by atoms with E-state index in [2.05, 4.69) is 30.8 Å². The lowest BCUT2D eigenvalue weighted by molar-refractivity contribution is 0.330. The minimum Gasteiger partial charge on any atom is -0.492 e. The molecule has 22 heavy (non-hydrogen) atoms. The molecule has 0 radical (unpaired) electrons. The van der Waals surface area contributed by atoms with Crippen molar-refractivity contribution in [2.75, 3.05) is 12.4 Å². The molecule has 4 heteroatoms. The molecule has 0 bridgehead atoms. The Labute approximate surface area is 136 Å². The van der Waals surface area contributed by atoms with Gasteiger partial charge in [0.15, 0.2) is 0 Å². The smallest absolute Gasteiger partial charge is 0.133 e. The van der Waals surface area contributed by atoms with Crippen LogP contribution in [0, 0.1) is 11.8 Å². The fourth-order valence-corrected chi connectivity index (χ4v) is 2.48. The monoisotopic (exact) mass is 315 g/mol. The summed E-state index contributed by atoms with van der Waals surface area (Å²) in [6.07, 6.45) is 1.75. The van der Waals surface area contributed by atoms with E-state index in [-0.39, 0.29) is 0 Å². The second-order valence-corrected chi connectivity index (χ2v) is 5.62. The number of fused-ring (bicyclic) bond motifs is 1. The van der Waals surface area contributed by atoms with Crippen molar-refractivity contribution in [3.63, 3.8) is 0 Å². The number of nitroso groups, excluding NO2 is 1. The van der Waals surface area contributed by atoms with Gasteiger partial charge in [0.05, 0.1) is 11.5 Å². The molecule has 0 spiro atoms. The predicted molar refractivity (Wildman–Crippen MR) is 95.2 cm³/mol. The van der Waals surface area contributed by atoms with Gasteiger partial charge in [0.2, 0.25) is 0 Å². The topological polar surface area (TPSA) is 38.7 Å². The zero-order valence-corrected chi connectivity index (χ0v) is 13.8. The number of benzene rings is 2. The van der Waals surface area contributed by atoms with E-state index in [1.165, 1.54) is 5.56 Å². The van der Waals surface area contributed by atoms with Gasteiger partial charge >= 0.3 is 0 Å². The largest absolute Gasteiger partial charge is 0.492 e. The van der Waals surface area contributed by atoms with Crippen molar-refractivity contribution in [1.82, 2.24) is 0 Å². The highest BCUT2D eigenvalue weighted by Crippen LogP contribution is 2.35. The van der Waals surface area contributed by atoms with Crippen LogP contribution < -0.4 is 4.74 Å². The van der Waals surface area contributed by atoms with Crippen LogP contribution in [0.25, 0.3) is 0 Å². The molecule has 0 aromatic heterocycles. The lowest BCUT2D eigenvalue weighted by Crippen LogP contribution is -2.05. The molecular formula is C18H21NO2S. The third-order valence-corrected chi connectivity index (χ3v) is 3.57. The quantitative estimate of drug-likeness (QED) is 0.496. The molecule has 0 atom stereocenters. The molecule has 0 aliphatic carbocycles. The molecule has 0 N–H and O–H groups in total. The Bertz CT molecular complexity index is 585. The van der Waals surface area contributed by atoms with E-state index in [1.807, 2.05) is 25.1 Å². The molecule has 1 aliphatic rings. The lowest BCUT2D eigenvalue weighted by atomic mass is 10.2. The highest BCUT2D eigenvalue weighted by atomic mass is 32.2. The number of thioether (sulfide) groups is 1. The summed E-state index contributed by atoms with van der Waals surface area (Å²) in [4.78, 5) is 11.2. The van der Waals surface area contributed by atoms with Crippen LogP contribution >= 0.6 is 11.8 Å². The fourth-order valence-electron chi connectivity index (χ4n) is 1.62. The van der Waals surface area contributed by atoms with Gasteiger partial charge in [-0.1, -0.05) is 42.0 Å². The normalized spacial score (nSPS) is 11.4. The van der Waals surface area contributed by atoms with Crippen LogP contribution in [0.4, 0.5) is 5.69 Å². The van der Waals surface area contributed by atoms with Crippen LogP contribution in [0.15, 0.2) is 71.3 Å². The Morgan fingerprint density at radius 3 is 2.45 bits per heavy atom. The van der Waals surface area contributed by atoms with Crippen LogP contribution in [0.5, 0.6) is 5.75 Å². The van der Waals surface area contributed by atoms with E-state index in [4.69, 9.17) is 4.74 Å². The molecule has 0 amide bonds. The van der Waals surface area contributed by atoms with Gasteiger partial charge in [-0.25, -0.2) is 0 Å². The van der Waals surface area contributed by atoms with Gasteiger partial charge in [0.1, 0.15) is 11.4 Å². The number of hydrogen-bond acceptors (Lipinski definition) is 4. The molecule has 3 nitrogen and oxygen atoms in total. The lowest BCUT2D eigenvalue weighted by Gasteiger charge is -2.15. The maximum Gasteiger partial charge on any atom is 0.133 e. The summed E-state index contributed by atoms with van der Waals surface area (Å²) in [6.45, 7) is 8.07. The Kier molecular flexibility index (Phi) is 8.69. The van der Waals surface area contributed by atoms with Gasteiger partial charge in [-0.15, -0.1) is 23.2 Å². The van der Waals surface area contributed by atoms with E-state index in [0.29, 0.717) is 5.69 Å². The zero-order chi connectivity index (χ0) is 16.2. The number of aryl methyl sites for hydroxylation is 1. The van der Waals surface area contributed by atoms with Crippen LogP contribution in [-0.2, 0) is 0 Å². The Morgan fingerprint density at radius 2 is 1.91 bits per heavy atom. The average Bonchev–Trinajstić information content (AvgIpc) is 2.56. The summed E-state index contributed by atoms with van der Waals surface area (Å²) in [5, 5.41) is 2.86. The van der Waals surface area contributed by atoms with Gasteiger partial charge in [0.25, 0.3) is 0 Å². The molecule has 3 rings (SSSR count). The molecule has 0 fully saturated rings. The summed E-state index contributed by atoms with van der Waals surface area (Å²) in [6, 6.07) is 15.5. The molecule has 2 aromatic carbocycles. The van der Waals surface area contributed by atoms with Crippen molar-refractivity contribution in [1.29, 1.82) is 0 Å². The van der Waals surface area contributed by atoms with Crippen LogP contribution in [-0.4, -0.2) is 12.4 Å². The first-order valence-electron chi connectivity index (χ1n) is 7.03. The minimum atomic E-state index is 0.465. The van der Waals surface area contributed by atoms with Gasteiger partial charge in [-0.05, 0) is 37.2 Å². The highest BCUT2D eigenvalue weighted by Gasteiger charge is 2.10.